The molecular weight excluding hydrogens is 250 g/mol. The van der Waals surface area contributed by atoms with Crippen molar-refractivity contribution in [3.8, 4) is 23.0 Å². The summed E-state index contributed by atoms with van der Waals surface area (Å²) in [6.07, 6.45) is 0. The number of amides is 1. The van der Waals surface area contributed by atoms with E-state index in [-0.39, 0.29) is 17.0 Å². The topological polar surface area (TPSA) is 110 Å². The van der Waals surface area contributed by atoms with Crippen molar-refractivity contribution in [2.24, 2.45) is 0 Å². The normalized spacial score (nSPS) is 10.1. The van der Waals surface area contributed by atoms with E-state index >= 15 is 0 Å². The van der Waals surface area contributed by atoms with E-state index in [1.807, 2.05) is 0 Å². The maximum Gasteiger partial charge on any atom is 0.259 e. The predicted octanol–water partition coefficient (Wildman–Crippen LogP) is 1.76. The van der Waals surface area contributed by atoms with Crippen LogP contribution in [0.3, 0.4) is 0 Å². The van der Waals surface area contributed by atoms with Gasteiger partial charge in [-0.2, -0.15) is 0 Å². The zero-order chi connectivity index (χ0) is 14.0. The summed E-state index contributed by atoms with van der Waals surface area (Å²) in [7, 11) is 0. The number of rotatable bonds is 2. The van der Waals surface area contributed by atoms with Crippen LogP contribution >= 0.6 is 0 Å². The van der Waals surface area contributed by atoms with Crippen molar-refractivity contribution < 1.29 is 25.2 Å². The minimum atomic E-state index is -0.666. The van der Waals surface area contributed by atoms with Crippen LogP contribution in [0.25, 0.3) is 0 Å². The second-order valence-corrected chi connectivity index (χ2v) is 3.83. The minimum Gasteiger partial charge on any atom is -0.507 e. The first-order chi connectivity index (χ1) is 8.99. The first-order valence-electron chi connectivity index (χ1n) is 5.33. The van der Waals surface area contributed by atoms with Gasteiger partial charge in [-0.25, -0.2) is 0 Å². The van der Waals surface area contributed by atoms with Crippen molar-refractivity contribution in [1.29, 1.82) is 0 Å². The Kier molecular flexibility index (Phi) is 3.15. The first-order valence-corrected chi connectivity index (χ1v) is 5.33. The molecule has 5 N–H and O–H groups in total. The molecule has 2 aromatic carbocycles. The number of carbonyl (C=O) groups is 1. The number of carbonyl (C=O) groups excluding carboxylic acids is 1. The van der Waals surface area contributed by atoms with Crippen molar-refractivity contribution >= 4 is 11.6 Å². The van der Waals surface area contributed by atoms with Gasteiger partial charge >= 0.3 is 0 Å². The fourth-order valence-corrected chi connectivity index (χ4v) is 1.54. The summed E-state index contributed by atoms with van der Waals surface area (Å²) in [4.78, 5) is 11.8. The van der Waals surface area contributed by atoms with Crippen molar-refractivity contribution in [2.75, 3.05) is 5.32 Å². The molecule has 98 valence electrons. The molecule has 19 heavy (non-hydrogen) atoms. The fourth-order valence-electron chi connectivity index (χ4n) is 1.54. The number of aromatic hydroxyl groups is 4. The molecule has 2 rings (SSSR count). The Balaban J connectivity index is 2.27. The van der Waals surface area contributed by atoms with Crippen LogP contribution in [-0.2, 0) is 0 Å². The average molecular weight is 261 g/mol. The van der Waals surface area contributed by atoms with Crippen LogP contribution in [-0.4, -0.2) is 26.3 Å². The molecule has 0 fully saturated rings. The molecule has 0 unspecified atom stereocenters. The quantitative estimate of drug-likeness (QED) is 0.418. The van der Waals surface area contributed by atoms with Crippen LogP contribution in [0.4, 0.5) is 5.69 Å². The molecule has 1 amide bonds. The number of benzene rings is 2. The summed E-state index contributed by atoms with van der Waals surface area (Å²) in [5.41, 5.74) is 0.135. The highest BCUT2D eigenvalue weighted by Gasteiger charge is 2.13. The number of phenols is 4. The Labute approximate surface area is 108 Å². The number of phenolic OH excluding ortho intramolecular Hbond substituents is 4. The summed E-state index contributed by atoms with van der Waals surface area (Å²) in [6.45, 7) is 0. The number of para-hydroxylation sites is 1. The van der Waals surface area contributed by atoms with Gasteiger partial charge < -0.3 is 25.7 Å². The molecule has 0 saturated heterocycles. The lowest BCUT2D eigenvalue weighted by molar-refractivity contribution is 0.102. The molecule has 0 saturated carbocycles. The van der Waals surface area contributed by atoms with E-state index in [1.54, 1.807) is 12.1 Å². The largest absolute Gasteiger partial charge is 0.507 e. The highest BCUT2D eigenvalue weighted by molar-refractivity contribution is 6.06. The van der Waals surface area contributed by atoms with Crippen LogP contribution in [0.1, 0.15) is 10.4 Å². The van der Waals surface area contributed by atoms with Gasteiger partial charge in [0.15, 0.2) is 17.2 Å². The van der Waals surface area contributed by atoms with Crippen molar-refractivity contribution in [2.45, 2.75) is 0 Å². The molecule has 0 aromatic heterocycles. The number of hydrogen-bond acceptors (Lipinski definition) is 5. The molecule has 0 heterocycles. The van der Waals surface area contributed by atoms with Crippen molar-refractivity contribution in [1.82, 2.24) is 0 Å². The molecule has 0 spiro atoms. The molecule has 2 aromatic rings. The average Bonchev–Trinajstić information content (AvgIpc) is 2.36. The van der Waals surface area contributed by atoms with Gasteiger partial charge in [0.25, 0.3) is 5.91 Å². The van der Waals surface area contributed by atoms with E-state index in [0.29, 0.717) is 0 Å². The van der Waals surface area contributed by atoms with Gasteiger partial charge in [-0.1, -0.05) is 12.1 Å². The van der Waals surface area contributed by atoms with Gasteiger partial charge in [0.2, 0.25) is 0 Å². The van der Waals surface area contributed by atoms with Crippen LogP contribution in [0.2, 0.25) is 0 Å². The zero-order valence-electron chi connectivity index (χ0n) is 9.66. The van der Waals surface area contributed by atoms with Gasteiger partial charge in [-0.05, 0) is 12.1 Å². The van der Waals surface area contributed by atoms with Crippen LogP contribution in [0, 0.1) is 0 Å². The monoisotopic (exact) mass is 261 g/mol. The molecule has 0 aliphatic heterocycles. The van der Waals surface area contributed by atoms with Crippen molar-refractivity contribution in [3.05, 3.63) is 42.0 Å². The molecule has 0 radical (unpaired) electrons. The molecule has 6 nitrogen and oxygen atoms in total. The number of nitrogens with one attached hydrogen (secondary N) is 1. The first kappa shape index (κ1) is 12.6. The van der Waals surface area contributed by atoms with Gasteiger partial charge in [-0.3, -0.25) is 4.79 Å². The second-order valence-electron chi connectivity index (χ2n) is 3.83. The number of hydrogen-bond donors (Lipinski definition) is 5. The zero-order valence-corrected chi connectivity index (χ0v) is 9.66. The summed E-state index contributed by atoms with van der Waals surface area (Å²) < 4.78 is 0. The van der Waals surface area contributed by atoms with E-state index in [4.69, 9.17) is 0 Å². The van der Waals surface area contributed by atoms with Gasteiger partial charge in [-0.15, -0.1) is 0 Å². The van der Waals surface area contributed by atoms with E-state index in [9.17, 15) is 25.2 Å². The fraction of sp³-hybridized carbons (Fsp3) is 0. The third-order valence-electron chi connectivity index (χ3n) is 2.48. The summed E-state index contributed by atoms with van der Waals surface area (Å²) in [6, 6.07) is 8.09. The maximum absolute atomic E-state index is 11.8. The summed E-state index contributed by atoms with van der Waals surface area (Å²) >= 11 is 0. The predicted molar refractivity (Wildman–Crippen MR) is 67.5 cm³/mol. The van der Waals surface area contributed by atoms with Crippen molar-refractivity contribution in [3.63, 3.8) is 0 Å². The van der Waals surface area contributed by atoms with Crippen LogP contribution in [0.15, 0.2) is 36.4 Å². The minimum absolute atomic E-state index is 0.0505. The highest BCUT2D eigenvalue weighted by atomic mass is 16.3. The Bertz CT molecular complexity index is 616. The van der Waals surface area contributed by atoms with E-state index in [2.05, 4.69) is 5.32 Å². The molecule has 0 atom stereocenters. The molecular formula is C13H11NO5. The molecule has 0 aliphatic rings. The SMILES string of the molecule is O=C(Nc1cc(O)c(O)c(O)c1)c1ccccc1O. The Hall–Kier alpha value is -2.89. The molecule has 0 bridgehead atoms. The van der Waals surface area contributed by atoms with Gasteiger partial charge in [0, 0.05) is 17.8 Å². The number of anilines is 1. The lowest BCUT2D eigenvalue weighted by Crippen LogP contribution is -2.11. The molecule has 0 aliphatic carbocycles. The molecule has 6 heteroatoms. The van der Waals surface area contributed by atoms with Gasteiger partial charge in [0.1, 0.15) is 5.75 Å². The Morgan fingerprint density at radius 1 is 0.895 bits per heavy atom. The van der Waals surface area contributed by atoms with E-state index in [0.717, 1.165) is 12.1 Å². The Morgan fingerprint density at radius 3 is 2.05 bits per heavy atom. The lowest BCUT2D eigenvalue weighted by Gasteiger charge is -2.08. The summed E-state index contributed by atoms with van der Waals surface area (Å²) in [5, 5.41) is 39.7. The summed E-state index contributed by atoms with van der Waals surface area (Å²) in [5.74, 6) is -2.59. The smallest absolute Gasteiger partial charge is 0.259 e. The van der Waals surface area contributed by atoms with Crippen LogP contribution < -0.4 is 5.32 Å². The van der Waals surface area contributed by atoms with Crippen LogP contribution in [0.5, 0.6) is 23.0 Å². The third kappa shape index (κ3) is 2.52. The standard InChI is InChI=1S/C13H11NO5/c15-9-4-2-1-3-8(9)13(19)14-7-5-10(16)12(18)11(17)6-7/h1-6,15-18H,(H,14,19). The van der Waals surface area contributed by atoms with Gasteiger partial charge in [0.05, 0.1) is 5.56 Å². The lowest BCUT2D eigenvalue weighted by atomic mass is 10.2. The Morgan fingerprint density at radius 2 is 1.47 bits per heavy atom. The second kappa shape index (κ2) is 4.77. The third-order valence-corrected chi connectivity index (χ3v) is 2.48. The van der Waals surface area contributed by atoms with E-state index in [1.165, 1.54) is 12.1 Å². The van der Waals surface area contributed by atoms with E-state index < -0.39 is 23.2 Å². The maximum atomic E-state index is 11.8. The highest BCUT2D eigenvalue weighted by Crippen LogP contribution is 2.37.